The highest BCUT2D eigenvalue weighted by Crippen LogP contribution is 2.33. The molecule has 22 heavy (non-hydrogen) atoms. The van der Waals surface area contributed by atoms with Crippen LogP contribution in [0.4, 0.5) is 13.2 Å². The first-order chi connectivity index (χ1) is 10.6. The summed E-state index contributed by atoms with van der Waals surface area (Å²) in [5, 5.41) is 2.14. The molecule has 0 heterocycles. The molecule has 3 aromatic rings. The summed E-state index contributed by atoms with van der Waals surface area (Å²) in [7, 11) is -1.21. The third kappa shape index (κ3) is 3.20. The minimum Gasteiger partial charge on any atom is -0.207 e. The van der Waals surface area contributed by atoms with Gasteiger partial charge in [0.05, 0.1) is 0 Å². The lowest BCUT2D eigenvalue weighted by Gasteiger charge is -2.19. The van der Waals surface area contributed by atoms with Crippen LogP contribution in [0, 0.1) is 17.5 Å². The van der Waals surface area contributed by atoms with E-state index in [-0.39, 0.29) is 17.5 Å². The van der Waals surface area contributed by atoms with Crippen LogP contribution >= 0.6 is 7.92 Å². The fourth-order valence-electron chi connectivity index (χ4n) is 2.29. The third-order valence-electron chi connectivity index (χ3n) is 3.20. The molecule has 0 amide bonds. The lowest BCUT2D eigenvalue weighted by Crippen LogP contribution is -2.21. The van der Waals surface area contributed by atoms with Crippen molar-refractivity contribution in [3.05, 3.63) is 90.2 Å². The summed E-state index contributed by atoms with van der Waals surface area (Å²) < 4.78 is 40.7. The monoisotopic (exact) mass is 316 g/mol. The van der Waals surface area contributed by atoms with Crippen LogP contribution in [0.1, 0.15) is 0 Å². The molecule has 0 aromatic heterocycles. The zero-order chi connectivity index (χ0) is 15.5. The summed E-state index contributed by atoms with van der Waals surface area (Å²) in [6.07, 6.45) is 0. The van der Waals surface area contributed by atoms with Crippen molar-refractivity contribution >= 4 is 23.8 Å². The maximum absolute atomic E-state index is 13.6. The fourth-order valence-corrected chi connectivity index (χ4v) is 4.65. The molecule has 0 saturated carbocycles. The summed E-state index contributed by atoms with van der Waals surface area (Å²) in [4.78, 5) is 0. The summed E-state index contributed by atoms with van der Waals surface area (Å²) in [6.45, 7) is 0. The van der Waals surface area contributed by atoms with E-state index in [9.17, 15) is 13.2 Å². The molecule has 0 atom stereocenters. The van der Waals surface area contributed by atoms with Gasteiger partial charge < -0.3 is 0 Å². The van der Waals surface area contributed by atoms with E-state index in [1.807, 2.05) is 0 Å². The Balaban J connectivity index is 2.18. The molecule has 0 aliphatic carbocycles. The molecule has 0 bridgehead atoms. The van der Waals surface area contributed by atoms with Crippen molar-refractivity contribution in [2.24, 2.45) is 0 Å². The third-order valence-corrected chi connectivity index (χ3v) is 5.58. The summed E-state index contributed by atoms with van der Waals surface area (Å²) in [6, 6.07) is 18.5. The SMILES string of the molecule is Fc1cccc(P(c2cccc(F)c2)c2cccc(F)c2)c1. The smallest absolute Gasteiger partial charge is 0.123 e. The van der Waals surface area contributed by atoms with Gasteiger partial charge in [-0.05, 0) is 60.2 Å². The zero-order valence-electron chi connectivity index (χ0n) is 11.5. The largest absolute Gasteiger partial charge is 0.207 e. The Hall–Kier alpha value is -2.12. The molecule has 0 fully saturated rings. The molecule has 4 heteroatoms. The Morgan fingerprint density at radius 2 is 0.818 bits per heavy atom. The van der Waals surface area contributed by atoms with Crippen LogP contribution < -0.4 is 15.9 Å². The van der Waals surface area contributed by atoms with Crippen LogP contribution in [0.2, 0.25) is 0 Å². The Kier molecular flexibility index (Phi) is 4.26. The van der Waals surface area contributed by atoms with Crippen molar-refractivity contribution in [1.29, 1.82) is 0 Å². The second kappa shape index (κ2) is 6.33. The van der Waals surface area contributed by atoms with Gasteiger partial charge >= 0.3 is 0 Å². The van der Waals surface area contributed by atoms with Crippen molar-refractivity contribution in [2.45, 2.75) is 0 Å². The molecular formula is C18H12F3P. The minimum atomic E-state index is -1.21. The first-order valence-corrected chi connectivity index (χ1v) is 8.04. The van der Waals surface area contributed by atoms with Gasteiger partial charge in [0.1, 0.15) is 17.5 Å². The Morgan fingerprint density at radius 3 is 1.09 bits per heavy atom. The van der Waals surface area contributed by atoms with Gasteiger partial charge in [0, 0.05) is 0 Å². The molecule has 110 valence electrons. The van der Waals surface area contributed by atoms with Gasteiger partial charge in [-0.3, -0.25) is 0 Å². The maximum Gasteiger partial charge on any atom is 0.123 e. The van der Waals surface area contributed by atoms with Crippen LogP contribution in [-0.4, -0.2) is 0 Å². The number of rotatable bonds is 3. The zero-order valence-corrected chi connectivity index (χ0v) is 12.4. The Morgan fingerprint density at radius 1 is 0.500 bits per heavy atom. The fraction of sp³-hybridized carbons (Fsp3) is 0. The first-order valence-electron chi connectivity index (χ1n) is 6.70. The van der Waals surface area contributed by atoms with Crippen LogP contribution in [0.3, 0.4) is 0 Å². The van der Waals surface area contributed by atoms with E-state index >= 15 is 0 Å². The van der Waals surface area contributed by atoms with Crippen molar-refractivity contribution in [3.8, 4) is 0 Å². The van der Waals surface area contributed by atoms with E-state index in [0.717, 1.165) is 0 Å². The van der Waals surface area contributed by atoms with Crippen molar-refractivity contribution < 1.29 is 13.2 Å². The molecule has 3 aromatic carbocycles. The molecular weight excluding hydrogens is 304 g/mol. The number of hydrogen-bond acceptors (Lipinski definition) is 0. The molecule has 0 nitrogen and oxygen atoms in total. The van der Waals surface area contributed by atoms with E-state index in [1.54, 1.807) is 36.4 Å². The van der Waals surface area contributed by atoms with Crippen molar-refractivity contribution in [2.75, 3.05) is 0 Å². The first kappa shape index (κ1) is 14.8. The maximum atomic E-state index is 13.6. The van der Waals surface area contributed by atoms with Crippen LogP contribution in [-0.2, 0) is 0 Å². The summed E-state index contributed by atoms with van der Waals surface area (Å²) >= 11 is 0. The van der Waals surface area contributed by atoms with Gasteiger partial charge in [0.2, 0.25) is 0 Å². The van der Waals surface area contributed by atoms with E-state index in [0.29, 0.717) is 15.9 Å². The standard InChI is InChI=1S/C18H12F3P/c19-13-4-1-7-16(10-13)22(17-8-2-5-14(20)11-17)18-9-3-6-15(21)12-18/h1-12H. The molecule has 0 aliphatic heterocycles. The highest BCUT2D eigenvalue weighted by molar-refractivity contribution is 7.79. The molecule has 0 unspecified atom stereocenters. The number of halogens is 3. The molecule has 0 spiro atoms. The summed E-state index contributed by atoms with van der Waals surface area (Å²) in [5.74, 6) is -1.09. The van der Waals surface area contributed by atoms with E-state index in [4.69, 9.17) is 0 Å². The lowest BCUT2D eigenvalue weighted by molar-refractivity contribution is 0.629. The van der Waals surface area contributed by atoms with E-state index < -0.39 is 7.92 Å². The Bertz CT molecular complexity index is 693. The molecule has 3 rings (SSSR count). The molecule has 0 N–H and O–H groups in total. The predicted molar refractivity (Wildman–Crippen MR) is 85.0 cm³/mol. The van der Waals surface area contributed by atoms with Crippen molar-refractivity contribution in [3.63, 3.8) is 0 Å². The highest BCUT2D eigenvalue weighted by Gasteiger charge is 2.18. The number of benzene rings is 3. The van der Waals surface area contributed by atoms with Crippen molar-refractivity contribution in [1.82, 2.24) is 0 Å². The summed E-state index contributed by atoms with van der Waals surface area (Å²) in [5.41, 5.74) is 0. The number of hydrogen-bond donors (Lipinski definition) is 0. The van der Waals surface area contributed by atoms with Gasteiger partial charge in [-0.15, -0.1) is 0 Å². The van der Waals surface area contributed by atoms with Gasteiger partial charge in [-0.1, -0.05) is 36.4 Å². The van der Waals surface area contributed by atoms with Gasteiger partial charge in [-0.2, -0.15) is 0 Å². The van der Waals surface area contributed by atoms with Crippen LogP contribution in [0.15, 0.2) is 72.8 Å². The van der Waals surface area contributed by atoms with Gasteiger partial charge in [0.15, 0.2) is 0 Å². The van der Waals surface area contributed by atoms with Crippen LogP contribution in [0.5, 0.6) is 0 Å². The quantitative estimate of drug-likeness (QED) is 0.644. The van der Waals surface area contributed by atoms with Gasteiger partial charge in [-0.25, -0.2) is 13.2 Å². The lowest BCUT2D eigenvalue weighted by atomic mass is 10.3. The van der Waals surface area contributed by atoms with E-state index in [2.05, 4.69) is 0 Å². The molecule has 0 saturated heterocycles. The predicted octanol–water partition coefficient (Wildman–Crippen LogP) is 3.86. The average molecular weight is 316 g/mol. The molecule has 0 radical (unpaired) electrons. The molecule has 0 aliphatic rings. The topological polar surface area (TPSA) is 0 Å². The van der Waals surface area contributed by atoms with Gasteiger partial charge in [0.25, 0.3) is 0 Å². The van der Waals surface area contributed by atoms with Crippen LogP contribution in [0.25, 0.3) is 0 Å². The average Bonchev–Trinajstić information content (AvgIpc) is 2.48. The second-order valence-corrected chi connectivity index (χ2v) is 7.00. The van der Waals surface area contributed by atoms with E-state index in [1.165, 1.54) is 36.4 Å². The normalized spacial score (nSPS) is 10.9. The highest BCUT2D eigenvalue weighted by atomic mass is 31.1. The second-order valence-electron chi connectivity index (χ2n) is 4.78. The minimum absolute atomic E-state index is 0.363. The Labute approximate surface area is 128 Å².